The van der Waals surface area contributed by atoms with Crippen LogP contribution in [0.25, 0.3) is 0 Å². The lowest BCUT2D eigenvalue weighted by molar-refractivity contribution is 0.477. The monoisotopic (exact) mass is 268 g/mol. The van der Waals surface area contributed by atoms with E-state index in [-0.39, 0.29) is 22.2 Å². The molecule has 0 aliphatic heterocycles. The van der Waals surface area contributed by atoms with Gasteiger partial charge in [0, 0.05) is 5.02 Å². The molecule has 0 aliphatic carbocycles. The van der Waals surface area contributed by atoms with Crippen LogP contribution in [0.2, 0.25) is 10.0 Å². The number of nitrogens with zero attached hydrogens (tertiary/aromatic N) is 3. The van der Waals surface area contributed by atoms with Gasteiger partial charge in [0.05, 0.1) is 5.02 Å². The van der Waals surface area contributed by atoms with Gasteiger partial charge >= 0.3 is 0 Å². The molecule has 0 atom stereocenters. The van der Waals surface area contributed by atoms with Gasteiger partial charge in [-0.2, -0.15) is 15.6 Å². The zero-order chi connectivity index (χ0) is 13.0. The molecule has 0 spiro atoms. The van der Waals surface area contributed by atoms with Gasteiger partial charge in [-0.15, -0.1) is 0 Å². The maximum atomic E-state index is 9.67. The van der Waals surface area contributed by atoms with Gasteiger partial charge in [0.1, 0.15) is 17.8 Å². The highest BCUT2D eigenvalue weighted by Gasteiger charge is 2.12. The number of nitrogens with one attached hydrogen (secondary N) is 1. The molecule has 1 aromatic rings. The molecule has 0 saturated heterocycles. The molecule has 2 N–H and O–H groups in total. The van der Waals surface area contributed by atoms with Crippen molar-refractivity contribution in [2.45, 2.75) is 6.92 Å². The van der Waals surface area contributed by atoms with Crippen LogP contribution in [-0.4, -0.2) is 10.8 Å². The predicted molar refractivity (Wildman–Crippen MR) is 65.1 cm³/mol. The van der Waals surface area contributed by atoms with Crippen LogP contribution in [0.15, 0.2) is 11.2 Å². The molecule has 0 aromatic heterocycles. The second kappa shape index (κ2) is 5.40. The quantitative estimate of drug-likeness (QED) is 0.490. The summed E-state index contributed by atoms with van der Waals surface area (Å²) in [5.74, 6) is -0.243. The standard InChI is InChI=1S/C10H6Cl2N4O/c1-5-7(11)2-8(10(17)9(5)12)16-15-6(3-13)4-14/h2,16-17H,1H3. The van der Waals surface area contributed by atoms with Crippen LogP contribution in [0.1, 0.15) is 5.56 Å². The van der Waals surface area contributed by atoms with E-state index < -0.39 is 0 Å². The summed E-state index contributed by atoms with van der Waals surface area (Å²) < 4.78 is 0. The number of phenols is 1. The molecule has 17 heavy (non-hydrogen) atoms. The average molecular weight is 269 g/mol. The predicted octanol–water partition coefficient (Wildman–Crippen LogP) is 2.82. The van der Waals surface area contributed by atoms with Gasteiger partial charge in [0.25, 0.3) is 0 Å². The average Bonchev–Trinajstić information content (AvgIpc) is 2.33. The van der Waals surface area contributed by atoms with Crippen LogP contribution in [0, 0.1) is 29.6 Å². The first-order valence-electron chi connectivity index (χ1n) is 4.32. The van der Waals surface area contributed by atoms with Gasteiger partial charge in [-0.1, -0.05) is 23.2 Å². The zero-order valence-corrected chi connectivity index (χ0v) is 10.1. The Balaban J connectivity index is 3.15. The number of aromatic hydroxyl groups is 1. The highest BCUT2D eigenvalue weighted by atomic mass is 35.5. The van der Waals surface area contributed by atoms with Gasteiger partial charge in [-0.05, 0) is 18.6 Å². The molecule has 5 nitrogen and oxygen atoms in total. The minimum Gasteiger partial charge on any atom is -0.504 e. The Morgan fingerprint density at radius 1 is 1.41 bits per heavy atom. The molecular formula is C10H6Cl2N4O. The number of hydrogen-bond donors (Lipinski definition) is 2. The van der Waals surface area contributed by atoms with Gasteiger partial charge in [-0.3, -0.25) is 5.43 Å². The Bertz CT molecular complexity index is 553. The van der Waals surface area contributed by atoms with Crippen molar-refractivity contribution >= 4 is 34.6 Å². The van der Waals surface area contributed by atoms with E-state index in [2.05, 4.69) is 10.5 Å². The van der Waals surface area contributed by atoms with Gasteiger partial charge in [0.15, 0.2) is 5.75 Å². The Labute approximate surface area is 107 Å². The van der Waals surface area contributed by atoms with E-state index in [0.29, 0.717) is 10.6 Å². The van der Waals surface area contributed by atoms with Crippen LogP contribution in [-0.2, 0) is 0 Å². The van der Waals surface area contributed by atoms with Gasteiger partial charge < -0.3 is 5.11 Å². The highest BCUT2D eigenvalue weighted by molar-refractivity contribution is 6.37. The first kappa shape index (κ1) is 13.1. The fourth-order valence-electron chi connectivity index (χ4n) is 0.980. The van der Waals surface area contributed by atoms with E-state index in [4.69, 9.17) is 33.7 Å². The molecule has 0 unspecified atom stereocenters. The summed E-state index contributed by atoms with van der Waals surface area (Å²) in [6.45, 7) is 1.65. The second-order valence-electron chi connectivity index (χ2n) is 2.99. The van der Waals surface area contributed by atoms with Crippen molar-refractivity contribution in [2.75, 3.05) is 5.43 Å². The van der Waals surface area contributed by atoms with Crippen molar-refractivity contribution < 1.29 is 5.11 Å². The van der Waals surface area contributed by atoms with Gasteiger partial charge in [-0.25, -0.2) is 0 Å². The summed E-state index contributed by atoms with van der Waals surface area (Å²) in [5, 5.41) is 30.5. The minimum atomic E-state index is -0.378. The maximum Gasteiger partial charge on any atom is 0.237 e. The first-order valence-corrected chi connectivity index (χ1v) is 5.08. The minimum absolute atomic E-state index is 0.0886. The molecule has 7 heteroatoms. The number of anilines is 1. The fourth-order valence-corrected chi connectivity index (χ4v) is 1.44. The van der Waals surface area contributed by atoms with Crippen molar-refractivity contribution in [1.29, 1.82) is 10.5 Å². The number of benzene rings is 1. The van der Waals surface area contributed by atoms with Crippen molar-refractivity contribution in [3.8, 4) is 17.9 Å². The lowest BCUT2D eigenvalue weighted by atomic mass is 10.2. The number of hydrogen-bond acceptors (Lipinski definition) is 5. The van der Waals surface area contributed by atoms with E-state index in [9.17, 15) is 5.11 Å². The van der Waals surface area contributed by atoms with Gasteiger partial charge in [0.2, 0.25) is 5.71 Å². The number of rotatable bonds is 2. The molecular weight excluding hydrogens is 263 g/mol. The topological polar surface area (TPSA) is 92.2 Å². The molecule has 1 aromatic carbocycles. The summed E-state index contributed by atoms with van der Waals surface area (Å²) in [6, 6.07) is 4.52. The Morgan fingerprint density at radius 2 is 2.00 bits per heavy atom. The maximum absolute atomic E-state index is 9.67. The molecule has 0 aliphatic rings. The number of halogens is 2. The number of phenolic OH excluding ortho intramolecular Hbond substituents is 1. The van der Waals surface area contributed by atoms with Crippen LogP contribution in [0.4, 0.5) is 5.69 Å². The SMILES string of the molecule is Cc1c(Cl)cc(NN=C(C#N)C#N)c(O)c1Cl. The normalized spacial score (nSPS) is 9.00. The lowest BCUT2D eigenvalue weighted by Gasteiger charge is -2.09. The smallest absolute Gasteiger partial charge is 0.237 e. The third-order valence-electron chi connectivity index (χ3n) is 1.92. The molecule has 0 amide bonds. The van der Waals surface area contributed by atoms with Crippen LogP contribution >= 0.6 is 23.2 Å². The molecule has 0 radical (unpaired) electrons. The van der Waals surface area contributed by atoms with Crippen molar-refractivity contribution in [3.63, 3.8) is 0 Å². The summed E-state index contributed by atoms with van der Waals surface area (Å²) in [5.41, 5.74) is 2.62. The zero-order valence-electron chi connectivity index (χ0n) is 8.62. The molecule has 0 heterocycles. The van der Waals surface area contributed by atoms with Crippen molar-refractivity contribution in [2.24, 2.45) is 5.10 Å². The summed E-state index contributed by atoms with van der Waals surface area (Å²) in [4.78, 5) is 0. The third kappa shape index (κ3) is 2.79. The second-order valence-corrected chi connectivity index (χ2v) is 3.77. The van der Waals surface area contributed by atoms with Crippen LogP contribution < -0.4 is 5.43 Å². The number of nitriles is 2. The van der Waals surface area contributed by atoms with Crippen LogP contribution in [0.5, 0.6) is 5.75 Å². The Hall–Kier alpha value is -1.95. The summed E-state index contributed by atoms with van der Waals surface area (Å²) in [7, 11) is 0. The van der Waals surface area contributed by atoms with Crippen molar-refractivity contribution in [1.82, 2.24) is 0 Å². The Kier molecular flexibility index (Phi) is 4.17. The molecule has 0 fully saturated rings. The van der Waals surface area contributed by atoms with E-state index in [0.717, 1.165) is 0 Å². The van der Waals surface area contributed by atoms with E-state index in [1.54, 1.807) is 19.1 Å². The molecule has 86 valence electrons. The van der Waals surface area contributed by atoms with E-state index >= 15 is 0 Å². The van der Waals surface area contributed by atoms with E-state index in [1.165, 1.54) is 6.07 Å². The van der Waals surface area contributed by atoms with E-state index in [1.807, 2.05) is 0 Å². The largest absolute Gasteiger partial charge is 0.504 e. The fraction of sp³-hybridized carbons (Fsp3) is 0.100. The lowest BCUT2D eigenvalue weighted by Crippen LogP contribution is -1.97. The molecule has 0 bridgehead atoms. The molecule has 1 rings (SSSR count). The first-order chi connectivity index (χ1) is 8.01. The highest BCUT2D eigenvalue weighted by Crippen LogP contribution is 2.38. The summed E-state index contributed by atoms with van der Waals surface area (Å²) in [6.07, 6.45) is 0. The Morgan fingerprint density at radius 3 is 2.53 bits per heavy atom. The number of hydrazone groups is 1. The summed E-state index contributed by atoms with van der Waals surface area (Å²) >= 11 is 11.7. The van der Waals surface area contributed by atoms with Crippen molar-refractivity contribution in [3.05, 3.63) is 21.7 Å². The molecule has 0 saturated carbocycles. The van der Waals surface area contributed by atoms with Crippen LogP contribution in [0.3, 0.4) is 0 Å². The third-order valence-corrected chi connectivity index (χ3v) is 2.78.